The van der Waals surface area contributed by atoms with Gasteiger partial charge in [-0.1, -0.05) is 12.1 Å². The second-order valence-corrected chi connectivity index (χ2v) is 3.16. The van der Waals surface area contributed by atoms with Crippen LogP contribution >= 0.6 is 0 Å². The third-order valence-corrected chi connectivity index (χ3v) is 2.02. The summed E-state index contributed by atoms with van der Waals surface area (Å²) in [5, 5.41) is 17.7. The number of nitrogens with one attached hydrogen (secondary N) is 1. The lowest BCUT2D eigenvalue weighted by molar-refractivity contribution is -0.121. The Bertz CT molecular complexity index is 308. The molecule has 1 atom stereocenters. The molecule has 0 radical (unpaired) electrons. The summed E-state index contributed by atoms with van der Waals surface area (Å²) in [4.78, 5) is 11.0. The minimum Gasteiger partial charge on any atom is -0.508 e. The summed E-state index contributed by atoms with van der Waals surface area (Å²) in [6, 6.07) is 5.93. The molecule has 0 bridgehead atoms. The Balaban J connectivity index is 2.67. The van der Waals surface area contributed by atoms with Crippen molar-refractivity contribution in [2.75, 3.05) is 0 Å². The van der Waals surface area contributed by atoms with Crippen LogP contribution in [0.15, 0.2) is 24.3 Å². The number of benzene rings is 1. The van der Waals surface area contributed by atoms with Gasteiger partial charge < -0.3 is 10.3 Å². The van der Waals surface area contributed by atoms with E-state index in [0.717, 1.165) is 5.56 Å². The van der Waals surface area contributed by atoms with Crippen molar-refractivity contribution in [2.24, 2.45) is 0 Å². The first kappa shape index (κ1) is 10.7. The fourth-order valence-corrected chi connectivity index (χ4v) is 1.15. The van der Waals surface area contributed by atoms with Crippen LogP contribution in [0.2, 0.25) is 0 Å². The van der Waals surface area contributed by atoms with E-state index in [1.165, 1.54) is 6.92 Å². The highest BCUT2D eigenvalue weighted by Crippen LogP contribution is 2.11. The molecule has 14 heavy (non-hydrogen) atoms. The molecule has 4 nitrogen and oxygen atoms in total. The van der Waals surface area contributed by atoms with Gasteiger partial charge in [0.2, 0.25) is 0 Å². The zero-order valence-corrected chi connectivity index (χ0v) is 7.90. The second kappa shape index (κ2) is 4.74. The summed E-state index contributed by atoms with van der Waals surface area (Å²) in [7, 11) is 0. The average molecular weight is 195 g/mol. The Hall–Kier alpha value is -1.39. The van der Waals surface area contributed by atoms with Crippen LogP contribution in [0.25, 0.3) is 0 Å². The number of rotatable bonds is 4. The number of phenolic OH excluding ortho intramolecular Hbond substituents is 1. The van der Waals surface area contributed by atoms with Gasteiger partial charge in [0.15, 0.2) is 0 Å². The van der Waals surface area contributed by atoms with E-state index in [1.807, 2.05) is 5.48 Å². The van der Waals surface area contributed by atoms with Gasteiger partial charge in [0.05, 0.1) is 6.04 Å². The van der Waals surface area contributed by atoms with Crippen LogP contribution in [-0.2, 0) is 11.2 Å². The molecule has 0 amide bonds. The van der Waals surface area contributed by atoms with Gasteiger partial charge in [0, 0.05) is 0 Å². The van der Waals surface area contributed by atoms with Gasteiger partial charge in [-0.15, -0.1) is 0 Å². The topological polar surface area (TPSA) is 69.6 Å². The molecule has 1 aromatic carbocycles. The van der Waals surface area contributed by atoms with Gasteiger partial charge in [-0.2, -0.15) is 5.48 Å². The smallest absolute Gasteiger partial charge is 0.149 e. The lowest BCUT2D eigenvalue weighted by atomic mass is 10.0. The highest BCUT2D eigenvalue weighted by Gasteiger charge is 2.12. The van der Waals surface area contributed by atoms with Crippen molar-refractivity contribution in [3.05, 3.63) is 29.8 Å². The number of carbonyl (C=O) groups excluding carboxylic acids is 1. The largest absolute Gasteiger partial charge is 0.508 e. The molecule has 4 heteroatoms. The van der Waals surface area contributed by atoms with E-state index in [9.17, 15) is 4.79 Å². The minimum absolute atomic E-state index is 0.124. The molecule has 0 heterocycles. The molecule has 1 rings (SSSR count). The Morgan fingerprint density at radius 1 is 1.43 bits per heavy atom. The SMILES string of the molecule is CC(=O)[C@H](Cc1ccc(O)cc1)NO. The fraction of sp³-hybridized carbons (Fsp3) is 0.300. The Labute approximate surface area is 82.1 Å². The van der Waals surface area contributed by atoms with Crippen LogP contribution in [-0.4, -0.2) is 22.1 Å². The van der Waals surface area contributed by atoms with E-state index in [1.54, 1.807) is 24.3 Å². The molecule has 76 valence electrons. The molecule has 3 N–H and O–H groups in total. The number of hydrogen-bond donors (Lipinski definition) is 3. The van der Waals surface area contributed by atoms with Gasteiger partial charge in [-0.05, 0) is 31.0 Å². The standard InChI is InChI=1S/C10H13NO3/c1-7(12)10(11-14)6-8-2-4-9(13)5-3-8/h2-5,10-11,13-14H,6H2,1H3/t10-/m0/s1. The average Bonchev–Trinajstić information content (AvgIpc) is 2.16. The highest BCUT2D eigenvalue weighted by atomic mass is 16.5. The van der Waals surface area contributed by atoms with Crippen molar-refractivity contribution in [1.82, 2.24) is 5.48 Å². The number of hydroxylamine groups is 1. The molecule has 1 aromatic rings. The van der Waals surface area contributed by atoms with Gasteiger partial charge in [0.1, 0.15) is 11.5 Å². The lowest BCUT2D eigenvalue weighted by Gasteiger charge is -2.10. The highest BCUT2D eigenvalue weighted by molar-refractivity contribution is 5.81. The molecule has 0 saturated carbocycles. The monoisotopic (exact) mass is 195 g/mol. The lowest BCUT2D eigenvalue weighted by Crippen LogP contribution is -2.34. The first-order valence-corrected chi connectivity index (χ1v) is 4.31. The quantitative estimate of drug-likeness (QED) is 0.623. The van der Waals surface area contributed by atoms with Gasteiger partial charge in [-0.3, -0.25) is 4.79 Å². The van der Waals surface area contributed by atoms with Crippen LogP contribution in [0.1, 0.15) is 12.5 Å². The van der Waals surface area contributed by atoms with Crippen LogP contribution in [0.4, 0.5) is 0 Å². The summed E-state index contributed by atoms with van der Waals surface area (Å²) >= 11 is 0. The molecular weight excluding hydrogens is 182 g/mol. The van der Waals surface area contributed by atoms with Crippen molar-refractivity contribution in [2.45, 2.75) is 19.4 Å². The van der Waals surface area contributed by atoms with E-state index >= 15 is 0 Å². The maximum Gasteiger partial charge on any atom is 0.149 e. The molecule has 0 spiro atoms. The predicted octanol–water partition coefficient (Wildman–Crippen LogP) is 0.871. The molecule has 0 aliphatic rings. The number of phenols is 1. The van der Waals surface area contributed by atoms with Gasteiger partial charge in [0.25, 0.3) is 0 Å². The normalized spacial score (nSPS) is 12.4. The fourth-order valence-electron chi connectivity index (χ4n) is 1.15. The van der Waals surface area contributed by atoms with Crippen molar-refractivity contribution in [3.8, 4) is 5.75 Å². The van der Waals surface area contributed by atoms with Gasteiger partial charge in [-0.25, -0.2) is 0 Å². The molecule has 0 aliphatic heterocycles. The maximum absolute atomic E-state index is 11.0. The summed E-state index contributed by atoms with van der Waals surface area (Å²) < 4.78 is 0. The number of Topliss-reactive ketones (excluding diaryl/α,β-unsaturated/α-hetero) is 1. The number of hydrogen-bond acceptors (Lipinski definition) is 4. The van der Waals surface area contributed by atoms with Crippen molar-refractivity contribution in [1.29, 1.82) is 0 Å². The van der Waals surface area contributed by atoms with E-state index in [-0.39, 0.29) is 11.5 Å². The third kappa shape index (κ3) is 2.83. The first-order chi connectivity index (χ1) is 6.63. The van der Waals surface area contributed by atoms with E-state index in [2.05, 4.69) is 0 Å². The number of ketones is 1. The Kier molecular flexibility index (Phi) is 3.62. The van der Waals surface area contributed by atoms with Crippen molar-refractivity contribution < 1.29 is 15.1 Å². The Morgan fingerprint density at radius 2 is 2.00 bits per heavy atom. The van der Waals surface area contributed by atoms with Gasteiger partial charge >= 0.3 is 0 Å². The van der Waals surface area contributed by atoms with Crippen LogP contribution in [0.3, 0.4) is 0 Å². The minimum atomic E-state index is -0.584. The van der Waals surface area contributed by atoms with Crippen LogP contribution in [0, 0.1) is 0 Å². The summed E-state index contributed by atoms with van der Waals surface area (Å²) in [6.45, 7) is 1.41. The van der Waals surface area contributed by atoms with Crippen LogP contribution in [0.5, 0.6) is 5.75 Å². The summed E-state index contributed by atoms with van der Waals surface area (Å²) in [5.74, 6) is 0.0608. The van der Waals surface area contributed by atoms with Crippen LogP contribution < -0.4 is 5.48 Å². The molecule has 0 unspecified atom stereocenters. The second-order valence-electron chi connectivity index (χ2n) is 3.16. The Morgan fingerprint density at radius 3 is 2.43 bits per heavy atom. The third-order valence-electron chi connectivity index (χ3n) is 2.02. The number of carbonyl (C=O) groups is 1. The molecule has 0 aliphatic carbocycles. The van der Waals surface area contributed by atoms with Crippen molar-refractivity contribution >= 4 is 5.78 Å². The van der Waals surface area contributed by atoms with E-state index < -0.39 is 6.04 Å². The van der Waals surface area contributed by atoms with E-state index in [4.69, 9.17) is 10.3 Å². The summed E-state index contributed by atoms with van der Waals surface area (Å²) in [5.41, 5.74) is 2.83. The molecule has 0 fully saturated rings. The zero-order valence-electron chi connectivity index (χ0n) is 7.90. The molecule has 0 aromatic heterocycles. The van der Waals surface area contributed by atoms with Crippen molar-refractivity contribution in [3.63, 3.8) is 0 Å². The van der Waals surface area contributed by atoms with E-state index in [0.29, 0.717) is 6.42 Å². The zero-order chi connectivity index (χ0) is 10.6. The predicted molar refractivity (Wildman–Crippen MR) is 51.2 cm³/mol. The molecular formula is C10H13NO3. The molecule has 0 saturated heterocycles. The first-order valence-electron chi connectivity index (χ1n) is 4.31. The summed E-state index contributed by atoms with van der Waals surface area (Å²) in [6.07, 6.45) is 0.409. The maximum atomic E-state index is 11.0. The number of aromatic hydroxyl groups is 1.